The summed E-state index contributed by atoms with van der Waals surface area (Å²) in [6.07, 6.45) is -4.89. The Labute approximate surface area is 330 Å². The van der Waals surface area contributed by atoms with Crippen LogP contribution in [-0.2, 0) is 9.47 Å². The predicted octanol–water partition coefficient (Wildman–Crippen LogP) is 3.18. The third-order valence-corrected chi connectivity index (χ3v) is 11.2. The van der Waals surface area contributed by atoms with Crippen LogP contribution in [0.3, 0.4) is 0 Å². The van der Waals surface area contributed by atoms with E-state index in [-0.39, 0.29) is 0 Å². The van der Waals surface area contributed by atoms with E-state index in [1.165, 1.54) is 9.36 Å². The van der Waals surface area contributed by atoms with E-state index in [9.17, 15) is 30.6 Å². The van der Waals surface area contributed by atoms with Gasteiger partial charge in [-0.15, -0.1) is 10.2 Å². The Bertz CT molecular complexity index is 2040. The van der Waals surface area contributed by atoms with Gasteiger partial charge in [0.25, 0.3) is 0 Å². The van der Waals surface area contributed by atoms with Crippen molar-refractivity contribution in [2.45, 2.75) is 59.6 Å². The summed E-state index contributed by atoms with van der Waals surface area (Å²) in [5.41, 5.74) is -0.0635. The summed E-state index contributed by atoms with van der Waals surface area (Å²) in [7, 11) is 0. The van der Waals surface area contributed by atoms with Gasteiger partial charge in [0.15, 0.2) is 0 Å². The van der Waals surface area contributed by atoms with E-state index < -0.39 is 72.8 Å². The van der Waals surface area contributed by atoms with Crippen molar-refractivity contribution in [3.05, 3.63) is 122 Å². The second-order valence-corrected chi connectivity index (χ2v) is 14.8. The van der Waals surface area contributed by atoms with Gasteiger partial charge < -0.3 is 49.6 Å². The fourth-order valence-corrected chi connectivity index (χ4v) is 8.19. The summed E-state index contributed by atoms with van der Waals surface area (Å²) in [5, 5.41) is 83.1. The van der Waals surface area contributed by atoms with Gasteiger partial charge in [-0.1, -0.05) is 58.6 Å². The highest BCUT2D eigenvalue weighted by Crippen LogP contribution is 2.42. The molecule has 2 fully saturated rings. The highest BCUT2D eigenvalue weighted by atomic mass is 32.2. The number of benzene rings is 4. The van der Waals surface area contributed by atoms with Gasteiger partial charge in [-0.05, 0) is 72.8 Å². The van der Waals surface area contributed by atoms with Crippen LogP contribution in [0.1, 0.15) is 12.1 Å². The van der Waals surface area contributed by atoms with Crippen LogP contribution >= 0.6 is 11.8 Å². The number of nitrogens with zero attached hydrogens (tertiary/aromatic N) is 6. The summed E-state index contributed by atoms with van der Waals surface area (Å²) < 4.78 is 26.3. The molecule has 2 aromatic heterocycles. The van der Waals surface area contributed by atoms with E-state index >= 15 is 0 Å². The molecular formula is C40H40N6O10S. The van der Waals surface area contributed by atoms with Crippen molar-refractivity contribution >= 4 is 11.8 Å². The monoisotopic (exact) mass is 796 g/mol. The summed E-state index contributed by atoms with van der Waals surface area (Å²) in [6, 6.07) is 30.8. The van der Waals surface area contributed by atoms with Crippen LogP contribution in [0.25, 0.3) is 22.5 Å². The van der Waals surface area contributed by atoms with Crippen LogP contribution in [0, 0.1) is 0 Å². The third kappa shape index (κ3) is 8.29. The molecule has 4 heterocycles. The Hall–Kier alpha value is -5.21. The molecule has 10 atom stereocenters. The molecule has 4 aromatic carbocycles. The number of para-hydroxylation sites is 2. The summed E-state index contributed by atoms with van der Waals surface area (Å²) in [6.45, 7) is -1.19. The Morgan fingerprint density at radius 1 is 0.509 bits per heavy atom. The molecule has 0 amide bonds. The number of ether oxygens (including phenoxy) is 4. The summed E-state index contributed by atoms with van der Waals surface area (Å²) >= 11 is 0.868. The quantitative estimate of drug-likeness (QED) is 0.105. The first-order valence-electron chi connectivity index (χ1n) is 18.2. The largest absolute Gasteiger partial charge is 0.457 e. The van der Waals surface area contributed by atoms with E-state index in [4.69, 9.17) is 18.9 Å². The average Bonchev–Trinajstić information content (AvgIpc) is 3.93. The fourth-order valence-electron chi connectivity index (χ4n) is 6.86. The Morgan fingerprint density at radius 3 is 1.25 bits per heavy atom. The van der Waals surface area contributed by atoms with Crippen molar-refractivity contribution in [1.82, 2.24) is 30.0 Å². The zero-order chi connectivity index (χ0) is 39.5. The summed E-state index contributed by atoms with van der Waals surface area (Å²) in [5.74, 6) is 2.62. The van der Waals surface area contributed by atoms with Crippen molar-refractivity contribution in [3.8, 4) is 45.5 Å². The predicted molar refractivity (Wildman–Crippen MR) is 205 cm³/mol. The van der Waals surface area contributed by atoms with Crippen LogP contribution in [0.5, 0.6) is 23.0 Å². The lowest BCUT2D eigenvalue weighted by Gasteiger charge is -2.46. The van der Waals surface area contributed by atoms with Crippen LogP contribution < -0.4 is 9.47 Å². The van der Waals surface area contributed by atoms with Crippen LogP contribution in [-0.4, -0.2) is 121 Å². The molecule has 0 saturated carbocycles. The Kier molecular flexibility index (Phi) is 11.6. The first-order chi connectivity index (χ1) is 27.8. The number of aromatic nitrogens is 6. The van der Waals surface area contributed by atoms with Crippen molar-refractivity contribution in [3.63, 3.8) is 0 Å². The molecule has 2 saturated heterocycles. The van der Waals surface area contributed by atoms with Gasteiger partial charge in [-0.3, -0.25) is 0 Å². The van der Waals surface area contributed by atoms with Gasteiger partial charge in [-0.2, -0.15) is 0 Å². The van der Waals surface area contributed by atoms with E-state index in [0.29, 0.717) is 45.5 Å². The Balaban J connectivity index is 0.975. The van der Waals surface area contributed by atoms with Gasteiger partial charge in [0.1, 0.15) is 94.0 Å². The van der Waals surface area contributed by atoms with Crippen molar-refractivity contribution < 1.29 is 49.6 Å². The smallest absolute Gasteiger partial charge is 0.134 e. The van der Waals surface area contributed by atoms with Crippen LogP contribution in [0.15, 0.2) is 122 Å². The zero-order valence-corrected chi connectivity index (χ0v) is 31.0. The molecule has 0 radical (unpaired) electrons. The Morgan fingerprint density at radius 2 is 0.877 bits per heavy atom. The third-order valence-electron chi connectivity index (χ3n) is 9.85. The van der Waals surface area contributed by atoms with E-state index in [0.717, 1.165) is 11.8 Å². The molecular weight excluding hydrogens is 757 g/mol. The molecule has 2 aliphatic rings. The molecule has 8 rings (SSSR count). The molecule has 6 aromatic rings. The van der Waals surface area contributed by atoms with Gasteiger partial charge in [0.05, 0.1) is 25.6 Å². The first-order valence-corrected chi connectivity index (χ1v) is 19.1. The van der Waals surface area contributed by atoms with E-state index in [1.54, 1.807) is 60.9 Å². The lowest BCUT2D eigenvalue weighted by Crippen LogP contribution is -2.58. The topological polar surface area (TPSA) is 220 Å². The molecule has 0 spiro atoms. The average molecular weight is 797 g/mol. The van der Waals surface area contributed by atoms with Crippen molar-refractivity contribution in [1.29, 1.82) is 0 Å². The molecule has 0 unspecified atom stereocenters. The van der Waals surface area contributed by atoms with Gasteiger partial charge >= 0.3 is 0 Å². The molecule has 2 aliphatic heterocycles. The number of aliphatic hydroxyl groups excluding tert-OH is 6. The number of aliphatic hydroxyl groups is 6. The molecule has 0 bridgehead atoms. The number of rotatable bonds is 12. The number of thioether (sulfide) groups is 1. The summed E-state index contributed by atoms with van der Waals surface area (Å²) in [4.78, 5) is 0. The lowest BCUT2D eigenvalue weighted by molar-refractivity contribution is -0.189. The second-order valence-electron chi connectivity index (χ2n) is 13.6. The van der Waals surface area contributed by atoms with Crippen molar-refractivity contribution in [2.24, 2.45) is 0 Å². The second kappa shape index (κ2) is 17.1. The molecule has 57 heavy (non-hydrogen) atoms. The van der Waals surface area contributed by atoms with Crippen LogP contribution in [0.4, 0.5) is 0 Å². The molecule has 16 nitrogen and oxygen atoms in total. The molecule has 296 valence electrons. The maximum Gasteiger partial charge on any atom is 0.134 e. The fraction of sp³-hybridized carbons (Fsp3) is 0.300. The highest BCUT2D eigenvalue weighted by Gasteiger charge is 2.51. The maximum absolute atomic E-state index is 11.7. The molecule has 17 heteroatoms. The highest BCUT2D eigenvalue weighted by molar-refractivity contribution is 8.00. The molecule has 0 aliphatic carbocycles. The number of hydrogen-bond acceptors (Lipinski definition) is 15. The van der Waals surface area contributed by atoms with E-state index in [2.05, 4.69) is 20.6 Å². The molecule has 6 N–H and O–H groups in total. The van der Waals surface area contributed by atoms with Gasteiger partial charge in [0, 0.05) is 11.1 Å². The first kappa shape index (κ1) is 38.7. The van der Waals surface area contributed by atoms with E-state index in [1.807, 2.05) is 60.7 Å². The van der Waals surface area contributed by atoms with Gasteiger partial charge in [-0.25, -0.2) is 9.36 Å². The minimum atomic E-state index is -1.45. The zero-order valence-electron chi connectivity index (χ0n) is 30.1. The standard InChI is InChI=1S/C40H40N6O10S/c47-21-31-35(49)33(45-19-29(41-43-45)23-11-15-27(16-12-23)53-25-7-3-1-4-8-25)37(51)39(55-31)57-40-38(52)34(36(50)32(22-48)56-40)46-20-30(42-44-46)24-13-17-28(18-14-24)54-26-9-5-2-6-10-26/h1-20,31-40,47-52H,21-22H2/t31-,32-,33+,34+,35+,36+,37-,38-,39+,40+/m1/s1. The minimum Gasteiger partial charge on any atom is -0.457 e. The maximum atomic E-state index is 11.7. The lowest BCUT2D eigenvalue weighted by atomic mass is 9.97. The normalized spacial score (nSPS) is 27.5. The SMILES string of the molecule is OC[C@H]1O[C@@H](S[C@@H]2O[C@H](CO)[C@H](O)[C@H](n3cc(-c4ccc(Oc5ccccc5)cc4)nn3)[C@H]2O)[C@H](O)[C@@H](n2cc(-c3ccc(Oc4ccccc4)cc3)nn2)[C@H]1O. The minimum absolute atomic E-state index is 0.453. The van der Waals surface area contributed by atoms with Crippen molar-refractivity contribution in [2.75, 3.05) is 13.2 Å². The van der Waals surface area contributed by atoms with Crippen LogP contribution in [0.2, 0.25) is 0 Å². The number of hydrogen-bond donors (Lipinski definition) is 6. The van der Waals surface area contributed by atoms with Gasteiger partial charge in [0.2, 0.25) is 0 Å².